The highest BCUT2D eigenvalue weighted by Gasteiger charge is 2.15. The van der Waals surface area contributed by atoms with E-state index in [1.165, 1.54) is 12.2 Å². The molecule has 80 valence electrons. The lowest BCUT2D eigenvalue weighted by Gasteiger charge is -2.16. The van der Waals surface area contributed by atoms with E-state index in [0.717, 1.165) is 0 Å². The Morgan fingerprint density at radius 3 is 2.50 bits per heavy atom. The van der Waals surface area contributed by atoms with Crippen molar-refractivity contribution >= 4 is 29.5 Å². The van der Waals surface area contributed by atoms with Crippen molar-refractivity contribution in [3.63, 3.8) is 0 Å². The van der Waals surface area contributed by atoms with E-state index in [4.69, 9.17) is 34.7 Å². The zero-order valence-corrected chi connectivity index (χ0v) is 9.42. The standard InChI is InChI=1S/C9H14Cl2N2O/c1-6(12)8(11)9(13)7(5-10)3-2-4-14/h2-4,6,8H,5,12-13H2,1H3/b3-2+,9-7-/t6-,8?/m1/s1. The first kappa shape index (κ1) is 13.5. The summed E-state index contributed by atoms with van der Waals surface area (Å²) in [4.78, 5) is 10.1. The van der Waals surface area contributed by atoms with Crippen molar-refractivity contribution in [2.24, 2.45) is 11.5 Å². The quantitative estimate of drug-likeness (QED) is 0.326. The smallest absolute Gasteiger partial charge is 0.142 e. The van der Waals surface area contributed by atoms with Gasteiger partial charge in [-0.3, -0.25) is 4.79 Å². The van der Waals surface area contributed by atoms with Crippen LogP contribution in [0.5, 0.6) is 0 Å². The van der Waals surface area contributed by atoms with Crippen LogP contribution in [-0.4, -0.2) is 23.6 Å². The molecule has 1 unspecified atom stereocenters. The van der Waals surface area contributed by atoms with Crippen molar-refractivity contribution in [2.75, 3.05) is 5.88 Å². The van der Waals surface area contributed by atoms with E-state index < -0.39 is 5.38 Å². The van der Waals surface area contributed by atoms with Crippen LogP contribution in [0, 0.1) is 0 Å². The van der Waals surface area contributed by atoms with Crippen molar-refractivity contribution in [1.29, 1.82) is 0 Å². The number of nitrogens with two attached hydrogens (primary N) is 2. The molecule has 0 amide bonds. The van der Waals surface area contributed by atoms with Gasteiger partial charge in [-0.15, -0.1) is 23.2 Å². The third-order valence-corrected chi connectivity index (χ3v) is 2.57. The molecule has 0 aliphatic carbocycles. The molecule has 0 radical (unpaired) electrons. The molecule has 0 heterocycles. The average Bonchev–Trinajstić information content (AvgIpc) is 2.17. The van der Waals surface area contributed by atoms with Gasteiger partial charge in [0.05, 0.1) is 5.38 Å². The molecule has 0 fully saturated rings. The fraction of sp³-hybridized carbons (Fsp3) is 0.444. The second kappa shape index (κ2) is 6.87. The van der Waals surface area contributed by atoms with Gasteiger partial charge in [-0.2, -0.15) is 0 Å². The van der Waals surface area contributed by atoms with Crippen molar-refractivity contribution in [1.82, 2.24) is 0 Å². The van der Waals surface area contributed by atoms with Crippen molar-refractivity contribution < 1.29 is 4.79 Å². The van der Waals surface area contributed by atoms with E-state index in [9.17, 15) is 4.79 Å². The largest absolute Gasteiger partial charge is 0.401 e. The normalized spacial score (nSPS) is 17.7. The number of allylic oxidation sites excluding steroid dienone is 3. The molecule has 0 aromatic heterocycles. The van der Waals surface area contributed by atoms with Crippen LogP contribution >= 0.6 is 23.2 Å². The average molecular weight is 237 g/mol. The topological polar surface area (TPSA) is 69.1 Å². The first-order valence-electron chi connectivity index (χ1n) is 4.10. The number of hydrogen-bond acceptors (Lipinski definition) is 3. The lowest BCUT2D eigenvalue weighted by molar-refractivity contribution is -0.104. The Morgan fingerprint density at radius 1 is 1.57 bits per heavy atom. The Labute approximate surface area is 93.7 Å². The number of carbonyl (C=O) groups excluding carboxylic acids is 1. The van der Waals surface area contributed by atoms with Gasteiger partial charge in [0.2, 0.25) is 0 Å². The summed E-state index contributed by atoms with van der Waals surface area (Å²) in [7, 11) is 0. The Bertz CT molecular complexity index is 249. The summed E-state index contributed by atoms with van der Waals surface area (Å²) < 4.78 is 0. The van der Waals surface area contributed by atoms with Gasteiger partial charge in [0.1, 0.15) is 6.29 Å². The van der Waals surface area contributed by atoms with Gasteiger partial charge >= 0.3 is 0 Å². The Balaban J connectivity index is 4.81. The summed E-state index contributed by atoms with van der Waals surface area (Å²) in [6.07, 6.45) is 3.50. The molecule has 0 aromatic carbocycles. The van der Waals surface area contributed by atoms with Gasteiger partial charge in [-0.1, -0.05) is 6.08 Å². The molecule has 14 heavy (non-hydrogen) atoms. The highest BCUT2D eigenvalue weighted by atomic mass is 35.5. The summed E-state index contributed by atoms with van der Waals surface area (Å²) in [5.41, 5.74) is 12.3. The molecule has 0 aliphatic rings. The van der Waals surface area contributed by atoms with Crippen molar-refractivity contribution in [3.05, 3.63) is 23.4 Å². The highest BCUT2D eigenvalue weighted by Crippen LogP contribution is 2.14. The van der Waals surface area contributed by atoms with E-state index in [0.29, 0.717) is 17.6 Å². The molecule has 0 aromatic rings. The number of rotatable bonds is 5. The third kappa shape index (κ3) is 4.13. The second-order valence-electron chi connectivity index (χ2n) is 2.87. The first-order chi connectivity index (χ1) is 6.54. The zero-order chi connectivity index (χ0) is 11.1. The van der Waals surface area contributed by atoms with Crippen LogP contribution < -0.4 is 11.5 Å². The van der Waals surface area contributed by atoms with Gasteiger partial charge in [0.15, 0.2) is 0 Å². The molecular formula is C9H14Cl2N2O. The maximum atomic E-state index is 10.1. The van der Waals surface area contributed by atoms with Crippen molar-refractivity contribution in [2.45, 2.75) is 18.3 Å². The molecule has 0 rings (SSSR count). The van der Waals surface area contributed by atoms with E-state index in [1.807, 2.05) is 0 Å². The molecule has 0 spiro atoms. The Morgan fingerprint density at radius 2 is 2.14 bits per heavy atom. The maximum Gasteiger partial charge on any atom is 0.142 e. The van der Waals surface area contributed by atoms with Gasteiger partial charge in [-0.25, -0.2) is 0 Å². The SMILES string of the molecule is C[C@@H](N)C(Cl)/C(N)=C(\C=C\C=O)CCl. The number of halogens is 2. The second-order valence-corrected chi connectivity index (χ2v) is 3.61. The monoisotopic (exact) mass is 236 g/mol. The van der Waals surface area contributed by atoms with Crippen LogP contribution in [-0.2, 0) is 4.79 Å². The Hall–Kier alpha value is -0.510. The molecule has 0 bridgehead atoms. The minimum atomic E-state index is -0.472. The van der Waals surface area contributed by atoms with Crippen molar-refractivity contribution in [3.8, 4) is 0 Å². The highest BCUT2D eigenvalue weighted by molar-refractivity contribution is 6.23. The predicted octanol–water partition coefficient (Wildman–Crippen LogP) is 1.15. The lowest BCUT2D eigenvalue weighted by atomic mass is 10.1. The van der Waals surface area contributed by atoms with E-state index in [2.05, 4.69) is 0 Å². The van der Waals surface area contributed by atoms with Crippen LogP contribution in [0.3, 0.4) is 0 Å². The number of aldehydes is 1. The minimum Gasteiger partial charge on any atom is -0.401 e. The number of alkyl halides is 2. The van der Waals surface area contributed by atoms with Crippen LogP contribution in [0.25, 0.3) is 0 Å². The molecule has 5 heteroatoms. The van der Waals surface area contributed by atoms with Gasteiger partial charge < -0.3 is 11.5 Å². The zero-order valence-electron chi connectivity index (χ0n) is 7.91. The fourth-order valence-corrected chi connectivity index (χ4v) is 1.22. The molecule has 4 N–H and O–H groups in total. The van der Waals surface area contributed by atoms with Crippen LogP contribution in [0.1, 0.15) is 6.92 Å². The van der Waals surface area contributed by atoms with Crippen LogP contribution in [0.15, 0.2) is 23.4 Å². The van der Waals surface area contributed by atoms with E-state index in [-0.39, 0.29) is 11.9 Å². The fourth-order valence-electron chi connectivity index (χ4n) is 0.834. The van der Waals surface area contributed by atoms with E-state index >= 15 is 0 Å². The summed E-state index contributed by atoms with van der Waals surface area (Å²) in [6.45, 7) is 1.75. The van der Waals surface area contributed by atoms with Crippen LogP contribution in [0.2, 0.25) is 0 Å². The van der Waals surface area contributed by atoms with Gasteiger partial charge in [-0.05, 0) is 18.6 Å². The summed E-state index contributed by atoms with van der Waals surface area (Å²) in [5, 5.41) is -0.472. The summed E-state index contributed by atoms with van der Waals surface area (Å²) in [5.74, 6) is 0.201. The maximum absolute atomic E-state index is 10.1. The Kier molecular flexibility index (Phi) is 6.62. The third-order valence-electron chi connectivity index (χ3n) is 1.65. The molecule has 0 saturated carbocycles. The lowest BCUT2D eigenvalue weighted by Crippen LogP contribution is -2.32. The molecular weight excluding hydrogens is 223 g/mol. The predicted molar refractivity (Wildman–Crippen MR) is 60.4 cm³/mol. The number of hydrogen-bond donors (Lipinski definition) is 2. The number of carbonyl (C=O) groups is 1. The van der Waals surface area contributed by atoms with E-state index in [1.54, 1.807) is 6.92 Å². The van der Waals surface area contributed by atoms with Gasteiger partial charge in [0.25, 0.3) is 0 Å². The molecule has 3 nitrogen and oxygen atoms in total. The summed E-state index contributed by atoms with van der Waals surface area (Å²) >= 11 is 11.6. The molecule has 0 saturated heterocycles. The minimum absolute atomic E-state index is 0.201. The molecule has 2 atom stereocenters. The molecule has 0 aliphatic heterocycles. The van der Waals surface area contributed by atoms with Crippen LogP contribution in [0.4, 0.5) is 0 Å². The first-order valence-corrected chi connectivity index (χ1v) is 5.07. The summed E-state index contributed by atoms with van der Waals surface area (Å²) in [6, 6.07) is -0.264. The van der Waals surface area contributed by atoms with Gasteiger partial charge in [0, 0.05) is 17.6 Å².